The molecule has 0 saturated carbocycles. The van der Waals surface area contributed by atoms with Crippen LogP contribution in [0.4, 0.5) is 5.95 Å². The van der Waals surface area contributed by atoms with E-state index in [0.717, 1.165) is 42.7 Å². The van der Waals surface area contributed by atoms with Crippen LogP contribution < -0.4 is 4.90 Å². The van der Waals surface area contributed by atoms with Crippen molar-refractivity contribution in [1.29, 1.82) is 5.26 Å². The minimum atomic E-state index is 0.316. The van der Waals surface area contributed by atoms with Crippen LogP contribution in [0.2, 0.25) is 0 Å². The summed E-state index contributed by atoms with van der Waals surface area (Å²) in [5, 5.41) is 17.4. The molecule has 1 saturated heterocycles. The Balaban J connectivity index is 1.49. The van der Waals surface area contributed by atoms with Crippen molar-refractivity contribution < 1.29 is 0 Å². The smallest absolute Gasteiger partial charge is 0.225 e. The molecule has 0 aliphatic carbocycles. The molecule has 0 N–H and O–H groups in total. The molecule has 120 valence electrons. The first-order valence-electron chi connectivity index (χ1n) is 8.09. The Morgan fingerprint density at radius 2 is 2.00 bits per heavy atom. The average Bonchev–Trinajstić information content (AvgIpc) is 3.07. The molecule has 0 spiro atoms. The lowest BCUT2D eigenvalue weighted by molar-refractivity contribution is 0.367. The number of aromatic nitrogens is 5. The van der Waals surface area contributed by atoms with Crippen molar-refractivity contribution in [2.45, 2.75) is 25.3 Å². The van der Waals surface area contributed by atoms with E-state index in [-0.39, 0.29) is 0 Å². The van der Waals surface area contributed by atoms with E-state index in [2.05, 4.69) is 37.3 Å². The highest BCUT2D eigenvalue weighted by Crippen LogP contribution is 2.26. The molecule has 0 amide bonds. The van der Waals surface area contributed by atoms with E-state index in [1.165, 1.54) is 0 Å². The Hall–Kier alpha value is -3.01. The molecule has 4 rings (SSSR count). The van der Waals surface area contributed by atoms with E-state index in [1.54, 1.807) is 12.3 Å². The summed E-state index contributed by atoms with van der Waals surface area (Å²) in [6, 6.07) is 12.3. The fraction of sp³-hybridized carbons (Fsp3) is 0.353. The minimum absolute atomic E-state index is 0.316. The molecule has 7 heteroatoms. The summed E-state index contributed by atoms with van der Waals surface area (Å²) in [6.07, 6.45) is 3.99. The van der Waals surface area contributed by atoms with E-state index in [4.69, 9.17) is 5.26 Å². The molecule has 0 unspecified atom stereocenters. The lowest BCUT2D eigenvalue weighted by Gasteiger charge is -2.32. The van der Waals surface area contributed by atoms with Crippen LogP contribution in [0.3, 0.4) is 0 Å². The monoisotopic (exact) mass is 319 g/mol. The number of hydrogen-bond donors (Lipinski definition) is 0. The number of hydrogen-bond acceptors (Lipinski definition) is 6. The van der Waals surface area contributed by atoms with E-state index in [1.807, 2.05) is 22.9 Å². The van der Waals surface area contributed by atoms with E-state index < -0.39 is 0 Å². The second-order valence-electron chi connectivity index (χ2n) is 5.92. The Morgan fingerprint density at radius 1 is 1.17 bits per heavy atom. The Labute approximate surface area is 139 Å². The van der Waals surface area contributed by atoms with Gasteiger partial charge >= 0.3 is 0 Å². The lowest BCUT2D eigenvalue weighted by Crippen LogP contribution is -2.36. The molecule has 1 aromatic carbocycles. The number of piperidine rings is 1. The van der Waals surface area contributed by atoms with E-state index in [9.17, 15) is 0 Å². The van der Waals surface area contributed by atoms with Gasteiger partial charge in [-0.2, -0.15) is 5.26 Å². The van der Waals surface area contributed by atoms with Crippen LogP contribution in [0.25, 0.3) is 11.0 Å². The number of nitrogens with zero attached hydrogens (tertiary/aromatic N) is 7. The first kappa shape index (κ1) is 14.6. The van der Waals surface area contributed by atoms with Crippen molar-refractivity contribution in [3.05, 3.63) is 42.2 Å². The molecule has 0 atom stereocenters. The zero-order valence-electron chi connectivity index (χ0n) is 13.2. The van der Waals surface area contributed by atoms with Crippen LogP contribution in [-0.4, -0.2) is 38.1 Å². The van der Waals surface area contributed by atoms with Gasteiger partial charge in [-0.1, -0.05) is 17.3 Å². The molecule has 24 heavy (non-hydrogen) atoms. The fourth-order valence-corrected chi connectivity index (χ4v) is 3.18. The quantitative estimate of drug-likeness (QED) is 0.735. The second kappa shape index (κ2) is 6.24. The second-order valence-corrected chi connectivity index (χ2v) is 5.92. The molecular weight excluding hydrogens is 302 g/mol. The van der Waals surface area contributed by atoms with Crippen LogP contribution in [0.1, 0.15) is 24.6 Å². The summed E-state index contributed by atoms with van der Waals surface area (Å²) >= 11 is 0. The van der Waals surface area contributed by atoms with Crippen LogP contribution in [0, 0.1) is 11.3 Å². The van der Waals surface area contributed by atoms with Gasteiger partial charge in [0.15, 0.2) is 0 Å². The number of nitriles is 1. The molecule has 2 aromatic heterocycles. The van der Waals surface area contributed by atoms with Crippen LogP contribution in [-0.2, 0) is 6.42 Å². The van der Waals surface area contributed by atoms with Crippen molar-refractivity contribution in [2.75, 3.05) is 18.0 Å². The van der Waals surface area contributed by atoms with Crippen molar-refractivity contribution in [3.63, 3.8) is 0 Å². The standard InChI is InChI=1S/C17H17N7/c18-9-5-13-6-10-19-17(20-13)23-11-7-14(8-12-23)24-16-4-2-1-3-15(16)21-22-24/h1-4,6,10,14H,5,7-8,11-12H2. The molecular formula is C17H17N7. The summed E-state index contributed by atoms with van der Waals surface area (Å²) < 4.78 is 2.04. The van der Waals surface area contributed by atoms with Gasteiger partial charge in [0.2, 0.25) is 5.95 Å². The predicted molar refractivity (Wildman–Crippen MR) is 89.4 cm³/mol. The number of para-hydroxylation sites is 1. The number of anilines is 1. The summed E-state index contributed by atoms with van der Waals surface area (Å²) in [7, 11) is 0. The molecule has 1 aliphatic rings. The highest BCUT2D eigenvalue weighted by atomic mass is 15.4. The summed E-state index contributed by atoms with van der Waals surface area (Å²) in [5.41, 5.74) is 2.79. The molecule has 7 nitrogen and oxygen atoms in total. The third-order valence-corrected chi connectivity index (χ3v) is 4.43. The highest BCUT2D eigenvalue weighted by Gasteiger charge is 2.24. The van der Waals surface area contributed by atoms with Gasteiger partial charge in [0.1, 0.15) is 5.52 Å². The van der Waals surface area contributed by atoms with Crippen molar-refractivity contribution in [2.24, 2.45) is 0 Å². The van der Waals surface area contributed by atoms with Gasteiger partial charge in [0, 0.05) is 19.3 Å². The third-order valence-electron chi connectivity index (χ3n) is 4.43. The number of benzene rings is 1. The van der Waals surface area contributed by atoms with Gasteiger partial charge in [-0.15, -0.1) is 5.10 Å². The maximum atomic E-state index is 8.81. The van der Waals surface area contributed by atoms with E-state index in [0.29, 0.717) is 18.4 Å². The summed E-state index contributed by atoms with van der Waals surface area (Å²) in [5.74, 6) is 0.713. The average molecular weight is 319 g/mol. The normalized spacial score (nSPS) is 15.5. The van der Waals surface area contributed by atoms with Gasteiger partial charge in [0.25, 0.3) is 0 Å². The molecule has 3 aromatic rings. The lowest BCUT2D eigenvalue weighted by atomic mass is 10.1. The molecule has 1 aliphatic heterocycles. The van der Waals surface area contributed by atoms with Gasteiger partial charge in [0.05, 0.1) is 29.7 Å². The zero-order chi connectivity index (χ0) is 16.4. The highest BCUT2D eigenvalue weighted by molar-refractivity contribution is 5.74. The molecule has 0 bridgehead atoms. The SMILES string of the molecule is N#CCc1ccnc(N2CCC(n3nnc4ccccc43)CC2)n1. The van der Waals surface area contributed by atoms with Gasteiger partial charge in [-0.25, -0.2) is 14.6 Å². The maximum absolute atomic E-state index is 8.81. The Morgan fingerprint density at radius 3 is 2.83 bits per heavy atom. The zero-order valence-corrected chi connectivity index (χ0v) is 13.2. The summed E-state index contributed by atoms with van der Waals surface area (Å²) in [6.45, 7) is 1.74. The minimum Gasteiger partial charge on any atom is -0.341 e. The van der Waals surface area contributed by atoms with E-state index >= 15 is 0 Å². The number of rotatable bonds is 3. The van der Waals surface area contributed by atoms with Crippen molar-refractivity contribution in [1.82, 2.24) is 25.0 Å². The third kappa shape index (κ3) is 2.67. The van der Waals surface area contributed by atoms with Crippen LogP contribution in [0.15, 0.2) is 36.5 Å². The Kier molecular flexibility index (Phi) is 3.79. The van der Waals surface area contributed by atoms with Gasteiger partial charge in [-0.05, 0) is 31.0 Å². The Bertz CT molecular complexity index is 887. The summed E-state index contributed by atoms with van der Waals surface area (Å²) in [4.78, 5) is 11.0. The van der Waals surface area contributed by atoms with Crippen LogP contribution in [0.5, 0.6) is 0 Å². The predicted octanol–water partition coefficient (Wildman–Crippen LogP) is 2.13. The topological polar surface area (TPSA) is 83.5 Å². The molecule has 3 heterocycles. The van der Waals surface area contributed by atoms with Crippen molar-refractivity contribution in [3.8, 4) is 6.07 Å². The number of fused-ring (bicyclic) bond motifs is 1. The molecule has 1 fully saturated rings. The first-order valence-corrected chi connectivity index (χ1v) is 8.09. The van der Waals surface area contributed by atoms with Crippen molar-refractivity contribution >= 4 is 17.0 Å². The van der Waals surface area contributed by atoms with Crippen LogP contribution >= 0.6 is 0 Å². The van der Waals surface area contributed by atoms with Gasteiger partial charge in [-0.3, -0.25) is 0 Å². The largest absolute Gasteiger partial charge is 0.341 e. The molecule has 0 radical (unpaired) electrons. The maximum Gasteiger partial charge on any atom is 0.225 e. The first-order chi connectivity index (χ1) is 11.8. The van der Waals surface area contributed by atoms with Gasteiger partial charge < -0.3 is 4.90 Å². The fourth-order valence-electron chi connectivity index (χ4n) is 3.18.